The van der Waals surface area contributed by atoms with Crippen LogP contribution in [0, 0.1) is 0 Å². The van der Waals surface area contributed by atoms with E-state index in [9.17, 15) is 5.11 Å². The molecule has 0 aliphatic rings. The fraction of sp³-hybridized carbons (Fsp3) is 0.500. The van der Waals surface area contributed by atoms with Crippen LogP contribution in [0.5, 0.6) is 5.75 Å². The van der Waals surface area contributed by atoms with Gasteiger partial charge in [-0.3, -0.25) is 0 Å². The molecule has 0 aliphatic heterocycles. The Balaban J connectivity index is 3.29. The summed E-state index contributed by atoms with van der Waals surface area (Å²) in [6, 6.07) is 5.54. The third-order valence-electron chi connectivity index (χ3n) is 2.27. The second-order valence-electron chi connectivity index (χ2n) is 4.85. The minimum atomic E-state index is 0.104. The smallest absolute Gasteiger partial charge is 0.117 e. The van der Waals surface area contributed by atoms with Gasteiger partial charge in [-0.15, -0.1) is 0 Å². The molecular formula is C12H19NO. The van der Waals surface area contributed by atoms with Crippen LogP contribution in [0.15, 0.2) is 18.2 Å². The van der Waals surface area contributed by atoms with Crippen LogP contribution in [0.4, 0.5) is 5.69 Å². The molecule has 1 N–H and O–H groups in total. The lowest BCUT2D eigenvalue weighted by Gasteiger charge is -2.26. The van der Waals surface area contributed by atoms with Gasteiger partial charge in [0.1, 0.15) is 5.75 Å². The highest BCUT2D eigenvalue weighted by atomic mass is 16.3. The summed E-state index contributed by atoms with van der Waals surface area (Å²) in [5.74, 6) is 0.321. The van der Waals surface area contributed by atoms with Gasteiger partial charge in [-0.25, -0.2) is 0 Å². The third-order valence-corrected chi connectivity index (χ3v) is 2.27. The van der Waals surface area contributed by atoms with Crippen LogP contribution in [0.2, 0.25) is 0 Å². The molecule has 0 radical (unpaired) electrons. The van der Waals surface area contributed by atoms with Crippen LogP contribution in [-0.2, 0) is 5.41 Å². The molecule has 0 saturated carbocycles. The first-order valence-electron chi connectivity index (χ1n) is 4.83. The third kappa shape index (κ3) is 2.19. The van der Waals surface area contributed by atoms with Gasteiger partial charge in [0.2, 0.25) is 0 Å². The van der Waals surface area contributed by atoms with Crippen molar-refractivity contribution in [3.05, 3.63) is 23.8 Å². The molecule has 2 nitrogen and oxygen atoms in total. The molecule has 0 spiro atoms. The van der Waals surface area contributed by atoms with E-state index in [2.05, 4.69) is 20.8 Å². The Labute approximate surface area is 86.2 Å². The second kappa shape index (κ2) is 3.52. The van der Waals surface area contributed by atoms with Gasteiger partial charge >= 0.3 is 0 Å². The van der Waals surface area contributed by atoms with E-state index >= 15 is 0 Å². The van der Waals surface area contributed by atoms with Crippen molar-refractivity contribution in [1.29, 1.82) is 0 Å². The maximum Gasteiger partial charge on any atom is 0.117 e. The highest BCUT2D eigenvalue weighted by Gasteiger charge is 2.18. The summed E-state index contributed by atoms with van der Waals surface area (Å²) in [5.41, 5.74) is 2.44. The Morgan fingerprint density at radius 3 is 2.14 bits per heavy atom. The molecule has 78 valence electrons. The molecule has 0 amide bonds. The quantitative estimate of drug-likeness (QED) is 0.741. The Morgan fingerprint density at radius 2 is 1.71 bits per heavy atom. The maximum atomic E-state index is 9.43. The minimum Gasteiger partial charge on any atom is -0.508 e. The SMILES string of the molecule is CN(C)c1cc(O)ccc1C(C)(C)C. The molecule has 0 saturated heterocycles. The standard InChI is InChI=1S/C12H19NO/c1-12(2,3)10-7-6-9(14)8-11(10)13(4)5/h6-8,14H,1-5H3. The number of phenols is 1. The highest BCUT2D eigenvalue weighted by Crippen LogP contribution is 2.33. The van der Waals surface area contributed by atoms with Crippen LogP contribution in [0.25, 0.3) is 0 Å². The summed E-state index contributed by atoms with van der Waals surface area (Å²) in [5, 5.41) is 9.43. The van der Waals surface area contributed by atoms with E-state index in [0.29, 0.717) is 5.75 Å². The van der Waals surface area contributed by atoms with E-state index in [-0.39, 0.29) is 5.41 Å². The number of rotatable bonds is 1. The fourth-order valence-corrected chi connectivity index (χ4v) is 1.52. The zero-order chi connectivity index (χ0) is 10.9. The van der Waals surface area contributed by atoms with Crippen molar-refractivity contribution in [2.24, 2.45) is 0 Å². The van der Waals surface area contributed by atoms with Gasteiger partial charge in [0.05, 0.1) is 0 Å². The Kier molecular flexibility index (Phi) is 2.74. The summed E-state index contributed by atoms with van der Waals surface area (Å²) in [6.45, 7) is 6.52. The lowest BCUT2D eigenvalue weighted by Crippen LogP contribution is -2.18. The predicted molar refractivity (Wildman–Crippen MR) is 61.1 cm³/mol. The fourth-order valence-electron chi connectivity index (χ4n) is 1.52. The van der Waals surface area contributed by atoms with Crippen LogP contribution in [-0.4, -0.2) is 19.2 Å². The van der Waals surface area contributed by atoms with Gasteiger partial charge in [0, 0.05) is 25.8 Å². The van der Waals surface area contributed by atoms with Crippen molar-refractivity contribution in [2.75, 3.05) is 19.0 Å². The van der Waals surface area contributed by atoms with E-state index in [1.807, 2.05) is 25.1 Å². The second-order valence-corrected chi connectivity index (χ2v) is 4.85. The average Bonchev–Trinajstić information content (AvgIpc) is 2.01. The van der Waals surface area contributed by atoms with E-state index in [0.717, 1.165) is 5.69 Å². The molecule has 0 aromatic heterocycles. The summed E-state index contributed by atoms with van der Waals surface area (Å²) in [7, 11) is 3.98. The average molecular weight is 193 g/mol. The summed E-state index contributed by atoms with van der Waals surface area (Å²) < 4.78 is 0. The molecule has 1 aromatic carbocycles. The van der Waals surface area contributed by atoms with Crippen LogP contribution >= 0.6 is 0 Å². The molecule has 0 fully saturated rings. The number of phenolic OH excluding ortho intramolecular Hbond substituents is 1. The van der Waals surface area contributed by atoms with Crippen molar-refractivity contribution >= 4 is 5.69 Å². The highest BCUT2D eigenvalue weighted by molar-refractivity contribution is 5.58. The molecule has 0 heterocycles. The lowest BCUT2D eigenvalue weighted by molar-refractivity contribution is 0.474. The predicted octanol–water partition coefficient (Wildman–Crippen LogP) is 2.76. The topological polar surface area (TPSA) is 23.5 Å². The monoisotopic (exact) mass is 193 g/mol. The molecule has 0 atom stereocenters. The molecule has 0 unspecified atom stereocenters. The molecule has 0 bridgehead atoms. The molecular weight excluding hydrogens is 174 g/mol. The van der Waals surface area contributed by atoms with E-state index < -0.39 is 0 Å². The van der Waals surface area contributed by atoms with Gasteiger partial charge in [0.15, 0.2) is 0 Å². The summed E-state index contributed by atoms with van der Waals surface area (Å²) >= 11 is 0. The largest absolute Gasteiger partial charge is 0.508 e. The Morgan fingerprint density at radius 1 is 1.14 bits per heavy atom. The van der Waals surface area contributed by atoms with Crippen LogP contribution in [0.1, 0.15) is 26.3 Å². The van der Waals surface area contributed by atoms with Crippen LogP contribution in [0.3, 0.4) is 0 Å². The maximum absolute atomic E-state index is 9.43. The van der Waals surface area contributed by atoms with Gasteiger partial charge in [-0.2, -0.15) is 0 Å². The van der Waals surface area contributed by atoms with Gasteiger partial charge < -0.3 is 10.0 Å². The Hall–Kier alpha value is -1.18. The number of hydrogen-bond donors (Lipinski definition) is 1. The summed E-state index contributed by atoms with van der Waals surface area (Å²) in [6.07, 6.45) is 0. The first-order chi connectivity index (χ1) is 6.32. The van der Waals surface area contributed by atoms with Crippen molar-refractivity contribution < 1.29 is 5.11 Å². The number of hydrogen-bond acceptors (Lipinski definition) is 2. The lowest BCUT2D eigenvalue weighted by atomic mass is 9.85. The molecule has 0 aliphatic carbocycles. The van der Waals surface area contributed by atoms with Gasteiger partial charge in [-0.1, -0.05) is 26.8 Å². The molecule has 14 heavy (non-hydrogen) atoms. The minimum absolute atomic E-state index is 0.104. The van der Waals surface area contributed by atoms with E-state index in [4.69, 9.17) is 0 Å². The van der Waals surface area contributed by atoms with E-state index in [1.54, 1.807) is 12.1 Å². The number of aromatic hydroxyl groups is 1. The first-order valence-corrected chi connectivity index (χ1v) is 4.83. The molecule has 1 aromatic rings. The normalized spacial score (nSPS) is 11.5. The van der Waals surface area contributed by atoms with Gasteiger partial charge in [0.25, 0.3) is 0 Å². The summed E-state index contributed by atoms with van der Waals surface area (Å²) in [4.78, 5) is 2.03. The van der Waals surface area contributed by atoms with Crippen molar-refractivity contribution in [2.45, 2.75) is 26.2 Å². The zero-order valence-electron chi connectivity index (χ0n) is 9.63. The zero-order valence-corrected chi connectivity index (χ0v) is 9.63. The van der Waals surface area contributed by atoms with E-state index in [1.165, 1.54) is 5.56 Å². The Bertz CT molecular complexity index is 324. The van der Waals surface area contributed by atoms with Crippen LogP contribution < -0.4 is 4.90 Å². The van der Waals surface area contributed by atoms with Gasteiger partial charge in [-0.05, 0) is 17.0 Å². The molecule has 2 heteroatoms. The molecule has 1 rings (SSSR count). The first kappa shape index (κ1) is 10.9. The van der Waals surface area contributed by atoms with Crippen molar-refractivity contribution in [3.63, 3.8) is 0 Å². The number of anilines is 1. The van der Waals surface area contributed by atoms with Crippen molar-refractivity contribution in [1.82, 2.24) is 0 Å². The number of nitrogens with zero attached hydrogens (tertiary/aromatic N) is 1. The van der Waals surface area contributed by atoms with Crippen molar-refractivity contribution in [3.8, 4) is 5.75 Å². The number of benzene rings is 1.